The van der Waals surface area contributed by atoms with Gasteiger partial charge in [-0.25, -0.2) is 4.79 Å². The Hall–Kier alpha value is -2.06. The van der Waals surface area contributed by atoms with Crippen molar-refractivity contribution in [2.24, 2.45) is 0 Å². The quantitative estimate of drug-likeness (QED) is 0.632. The number of anilines is 1. The van der Waals surface area contributed by atoms with Gasteiger partial charge in [0.15, 0.2) is 0 Å². The fourth-order valence-electron chi connectivity index (χ4n) is 4.68. The highest BCUT2D eigenvalue weighted by atomic mass is 32.2. The second kappa shape index (κ2) is 10.0. The van der Waals surface area contributed by atoms with Crippen LogP contribution in [0, 0.1) is 0 Å². The van der Waals surface area contributed by atoms with E-state index < -0.39 is 5.54 Å². The molecule has 1 aromatic rings. The molecule has 2 aliphatic heterocycles. The van der Waals surface area contributed by atoms with Crippen molar-refractivity contribution in [1.29, 1.82) is 0 Å². The van der Waals surface area contributed by atoms with Gasteiger partial charge in [0.2, 0.25) is 5.91 Å². The van der Waals surface area contributed by atoms with Crippen LogP contribution in [0.1, 0.15) is 44.1 Å². The Morgan fingerprint density at radius 2 is 1.74 bits per heavy atom. The zero-order valence-electron chi connectivity index (χ0n) is 18.0. The van der Waals surface area contributed by atoms with Crippen molar-refractivity contribution in [3.05, 3.63) is 29.8 Å². The highest BCUT2D eigenvalue weighted by Crippen LogP contribution is 2.33. The number of nitrogens with zero attached hydrogens (tertiary/aromatic N) is 2. The number of amides is 4. The van der Waals surface area contributed by atoms with Crippen molar-refractivity contribution >= 4 is 35.3 Å². The molecule has 7 nitrogen and oxygen atoms in total. The van der Waals surface area contributed by atoms with E-state index in [1.54, 1.807) is 0 Å². The summed E-state index contributed by atoms with van der Waals surface area (Å²) in [5.41, 5.74) is 1.27. The number of imide groups is 1. The molecule has 31 heavy (non-hydrogen) atoms. The van der Waals surface area contributed by atoms with Crippen LogP contribution in [0.5, 0.6) is 0 Å². The first kappa shape index (κ1) is 22.1. The standard InChI is InChI=1S/C23H32N4O3S/c28-20(9-13-27-21(29)23(25-22(27)30)10-2-1-3-11-23)24-19-6-4-18(5-7-19)8-12-26-14-16-31-17-15-26/h4-7H,1-3,8-17H2,(H,24,28)(H,25,30). The number of hydrogen-bond acceptors (Lipinski definition) is 5. The first-order valence-electron chi connectivity index (χ1n) is 11.4. The maximum atomic E-state index is 12.8. The Morgan fingerprint density at radius 1 is 1.03 bits per heavy atom. The van der Waals surface area contributed by atoms with Gasteiger partial charge in [0.05, 0.1) is 0 Å². The van der Waals surface area contributed by atoms with Crippen molar-refractivity contribution in [2.45, 2.75) is 50.5 Å². The van der Waals surface area contributed by atoms with Gasteiger partial charge in [0.1, 0.15) is 5.54 Å². The zero-order chi connectivity index (χ0) is 21.7. The molecule has 8 heteroatoms. The molecule has 1 saturated carbocycles. The highest BCUT2D eigenvalue weighted by Gasteiger charge is 2.51. The van der Waals surface area contributed by atoms with Gasteiger partial charge in [-0.15, -0.1) is 0 Å². The van der Waals surface area contributed by atoms with E-state index in [9.17, 15) is 14.4 Å². The fraction of sp³-hybridized carbons (Fsp3) is 0.609. The number of thioether (sulfide) groups is 1. The molecule has 1 aromatic carbocycles. The molecule has 0 aromatic heterocycles. The number of nitrogens with one attached hydrogen (secondary N) is 2. The Kier molecular flexibility index (Phi) is 7.17. The molecule has 0 unspecified atom stereocenters. The molecule has 1 spiro atoms. The van der Waals surface area contributed by atoms with Gasteiger partial charge in [0, 0.05) is 49.8 Å². The van der Waals surface area contributed by atoms with Crippen LogP contribution < -0.4 is 10.6 Å². The highest BCUT2D eigenvalue weighted by molar-refractivity contribution is 7.99. The third-order valence-corrected chi connectivity index (χ3v) is 7.52. The minimum absolute atomic E-state index is 0.101. The lowest BCUT2D eigenvalue weighted by atomic mass is 9.82. The first-order chi connectivity index (χ1) is 15.1. The van der Waals surface area contributed by atoms with Crippen molar-refractivity contribution in [3.8, 4) is 0 Å². The molecule has 168 valence electrons. The summed E-state index contributed by atoms with van der Waals surface area (Å²) in [5.74, 6) is 2.08. The largest absolute Gasteiger partial charge is 0.326 e. The molecule has 3 fully saturated rings. The summed E-state index contributed by atoms with van der Waals surface area (Å²) in [5, 5.41) is 5.76. The summed E-state index contributed by atoms with van der Waals surface area (Å²) in [7, 11) is 0. The molecule has 2 saturated heterocycles. The van der Waals surface area contributed by atoms with Gasteiger partial charge < -0.3 is 15.5 Å². The maximum Gasteiger partial charge on any atom is 0.325 e. The van der Waals surface area contributed by atoms with E-state index >= 15 is 0 Å². The van der Waals surface area contributed by atoms with Gasteiger partial charge in [-0.1, -0.05) is 31.4 Å². The Morgan fingerprint density at radius 3 is 2.45 bits per heavy atom. The van der Waals surface area contributed by atoms with Crippen LogP contribution in [0.15, 0.2) is 24.3 Å². The monoisotopic (exact) mass is 444 g/mol. The number of benzene rings is 1. The van der Waals surface area contributed by atoms with Crippen LogP contribution >= 0.6 is 11.8 Å². The Balaban J connectivity index is 1.22. The van der Waals surface area contributed by atoms with Crippen molar-refractivity contribution < 1.29 is 14.4 Å². The van der Waals surface area contributed by atoms with Crippen LogP contribution in [0.2, 0.25) is 0 Å². The zero-order valence-corrected chi connectivity index (χ0v) is 18.8. The van der Waals surface area contributed by atoms with E-state index in [1.807, 2.05) is 23.9 Å². The van der Waals surface area contributed by atoms with Crippen LogP contribution in [-0.2, 0) is 16.0 Å². The molecule has 0 atom stereocenters. The molecular formula is C23H32N4O3S. The second-order valence-electron chi connectivity index (χ2n) is 8.73. The minimum Gasteiger partial charge on any atom is -0.326 e. The molecule has 0 bridgehead atoms. The predicted molar refractivity (Wildman–Crippen MR) is 123 cm³/mol. The number of carbonyl (C=O) groups excluding carboxylic acids is 3. The van der Waals surface area contributed by atoms with Crippen molar-refractivity contribution in [3.63, 3.8) is 0 Å². The van der Waals surface area contributed by atoms with E-state index in [0.29, 0.717) is 12.8 Å². The molecule has 0 radical (unpaired) electrons. The molecule has 3 aliphatic rings. The first-order valence-corrected chi connectivity index (χ1v) is 12.5. The summed E-state index contributed by atoms with van der Waals surface area (Å²) in [6.45, 7) is 3.51. The summed E-state index contributed by atoms with van der Waals surface area (Å²) in [4.78, 5) is 41.2. The lowest BCUT2D eigenvalue weighted by Crippen LogP contribution is -2.48. The topological polar surface area (TPSA) is 81.8 Å². The number of hydrogen-bond donors (Lipinski definition) is 2. The number of urea groups is 1. The Bertz CT molecular complexity index is 802. The van der Waals surface area contributed by atoms with Crippen LogP contribution in [-0.4, -0.2) is 70.9 Å². The number of rotatable bonds is 7. The molecule has 4 amide bonds. The van der Waals surface area contributed by atoms with E-state index in [4.69, 9.17) is 0 Å². The van der Waals surface area contributed by atoms with E-state index in [0.717, 1.165) is 51.0 Å². The van der Waals surface area contributed by atoms with Crippen molar-refractivity contribution in [2.75, 3.05) is 43.0 Å². The van der Waals surface area contributed by atoms with Crippen LogP contribution in [0.4, 0.5) is 10.5 Å². The molecule has 4 rings (SSSR count). The SMILES string of the molecule is O=C(CCN1C(=O)NC2(CCCCC2)C1=O)Nc1ccc(CCN2CCSCC2)cc1. The maximum absolute atomic E-state index is 12.8. The lowest BCUT2D eigenvalue weighted by Gasteiger charge is -2.30. The van der Waals surface area contributed by atoms with Gasteiger partial charge in [-0.05, 0) is 37.0 Å². The predicted octanol–water partition coefficient (Wildman–Crippen LogP) is 2.86. The van der Waals surface area contributed by atoms with E-state index in [2.05, 4.69) is 27.7 Å². The smallest absolute Gasteiger partial charge is 0.325 e. The van der Waals surface area contributed by atoms with Gasteiger partial charge >= 0.3 is 6.03 Å². The van der Waals surface area contributed by atoms with E-state index in [-0.39, 0.29) is 30.8 Å². The summed E-state index contributed by atoms with van der Waals surface area (Å²) in [6.07, 6.45) is 5.51. The lowest BCUT2D eigenvalue weighted by molar-refractivity contribution is -0.132. The van der Waals surface area contributed by atoms with Crippen LogP contribution in [0.25, 0.3) is 0 Å². The van der Waals surface area contributed by atoms with Gasteiger partial charge in [0.25, 0.3) is 5.91 Å². The Labute approximate surface area is 188 Å². The normalized spacial score (nSPS) is 21.4. The summed E-state index contributed by atoms with van der Waals surface area (Å²) < 4.78 is 0. The molecular weight excluding hydrogens is 412 g/mol. The van der Waals surface area contributed by atoms with Gasteiger partial charge in [-0.2, -0.15) is 11.8 Å². The van der Waals surface area contributed by atoms with Gasteiger partial charge in [-0.3, -0.25) is 14.5 Å². The van der Waals surface area contributed by atoms with Crippen molar-refractivity contribution in [1.82, 2.24) is 15.1 Å². The van der Waals surface area contributed by atoms with E-state index in [1.165, 1.54) is 22.0 Å². The second-order valence-corrected chi connectivity index (χ2v) is 9.95. The fourth-order valence-corrected chi connectivity index (χ4v) is 5.66. The average Bonchev–Trinajstić information content (AvgIpc) is 3.01. The molecule has 1 aliphatic carbocycles. The third-order valence-electron chi connectivity index (χ3n) is 6.57. The van der Waals surface area contributed by atoms with Crippen LogP contribution in [0.3, 0.4) is 0 Å². The summed E-state index contributed by atoms with van der Waals surface area (Å²) >= 11 is 2.02. The third kappa shape index (κ3) is 5.41. The molecule has 2 N–H and O–H groups in total. The average molecular weight is 445 g/mol. The summed E-state index contributed by atoms with van der Waals surface area (Å²) in [6, 6.07) is 7.59. The number of carbonyl (C=O) groups is 3. The minimum atomic E-state index is -0.728. The molecule has 2 heterocycles.